The van der Waals surface area contributed by atoms with Gasteiger partial charge in [-0.3, -0.25) is 9.69 Å². The number of rotatable bonds is 7. The molecule has 11 heteroatoms. The molecule has 0 spiro atoms. The van der Waals surface area contributed by atoms with Crippen molar-refractivity contribution in [1.29, 1.82) is 0 Å². The van der Waals surface area contributed by atoms with Crippen LogP contribution in [-0.4, -0.2) is 84.1 Å². The number of hydrogen-bond acceptors (Lipinski definition) is 8. The van der Waals surface area contributed by atoms with Crippen LogP contribution in [0.2, 0.25) is 0 Å². The highest BCUT2D eigenvalue weighted by atomic mass is 32.2. The zero-order chi connectivity index (χ0) is 23.5. The van der Waals surface area contributed by atoms with Gasteiger partial charge in [-0.25, -0.2) is 8.42 Å². The fourth-order valence-corrected chi connectivity index (χ4v) is 7.14. The zero-order valence-electron chi connectivity index (χ0n) is 18.8. The fourth-order valence-electron chi connectivity index (χ4n) is 4.73. The SMILES string of the molecule is O=C(NCCN1CCN(c2ccccc2)CC1)C1CCCN1S(=O)(=O)c1cccc2nsnc12. The molecule has 0 radical (unpaired) electrons. The molecule has 3 heterocycles. The standard InChI is InChI=1S/C23H28N6O3S2/c30-23(24-11-13-27-14-16-28(17-15-27)18-6-2-1-3-7-18)20-9-5-12-29(20)34(31,32)21-10-4-8-19-22(21)26-33-25-19/h1-4,6-8,10,20H,5,9,11-17H2,(H,24,30). The summed E-state index contributed by atoms with van der Waals surface area (Å²) in [7, 11) is -3.85. The molecule has 0 saturated carbocycles. The number of carbonyl (C=O) groups excluding carboxylic acids is 1. The highest BCUT2D eigenvalue weighted by Gasteiger charge is 2.40. The van der Waals surface area contributed by atoms with Crippen LogP contribution in [0, 0.1) is 0 Å². The van der Waals surface area contributed by atoms with Gasteiger partial charge in [-0.15, -0.1) is 0 Å². The Morgan fingerprint density at radius 3 is 2.59 bits per heavy atom. The van der Waals surface area contributed by atoms with Crippen molar-refractivity contribution < 1.29 is 13.2 Å². The van der Waals surface area contributed by atoms with E-state index in [4.69, 9.17) is 0 Å². The molecule has 2 aromatic carbocycles. The number of amides is 1. The summed E-state index contributed by atoms with van der Waals surface area (Å²) in [6, 6.07) is 14.6. The van der Waals surface area contributed by atoms with Crippen molar-refractivity contribution in [3.8, 4) is 0 Å². The smallest absolute Gasteiger partial charge is 0.246 e. The normalized spacial score (nSPS) is 20.1. The molecule has 2 aliphatic rings. The van der Waals surface area contributed by atoms with Gasteiger partial charge >= 0.3 is 0 Å². The van der Waals surface area contributed by atoms with Crippen LogP contribution in [0.25, 0.3) is 11.0 Å². The Balaban J connectivity index is 1.16. The first-order valence-electron chi connectivity index (χ1n) is 11.6. The van der Waals surface area contributed by atoms with E-state index in [9.17, 15) is 13.2 Å². The summed E-state index contributed by atoms with van der Waals surface area (Å²) in [5.41, 5.74) is 2.16. The minimum atomic E-state index is -3.85. The minimum Gasteiger partial charge on any atom is -0.369 e. The summed E-state index contributed by atoms with van der Waals surface area (Å²) >= 11 is 0.986. The molecule has 0 bridgehead atoms. The predicted molar refractivity (Wildman–Crippen MR) is 132 cm³/mol. The number of nitrogens with one attached hydrogen (secondary N) is 1. The third-order valence-electron chi connectivity index (χ3n) is 6.56. The number of para-hydroxylation sites is 1. The maximum absolute atomic E-state index is 13.4. The van der Waals surface area contributed by atoms with Crippen molar-refractivity contribution in [3.63, 3.8) is 0 Å². The van der Waals surface area contributed by atoms with Crippen LogP contribution in [0.3, 0.4) is 0 Å². The van der Waals surface area contributed by atoms with Gasteiger partial charge in [0.1, 0.15) is 22.0 Å². The zero-order valence-corrected chi connectivity index (χ0v) is 20.5. The quantitative estimate of drug-likeness (QED) is 0.528. The van der Waals surface area contributed by atoms with E-state index in [2.05, 4.69) is 48.1 Å². The largest absolute Gasteiger partial charge is 0.369 e. The van der Waals surface area contributed by atoms with Gasteiger partial charge < -0.3 is 10.2 Å². The fraction of sp³-hybridized carbons (Fsp3) is 0.435. The molecule has 3 aromatic rings. The average molecular weight is 501 g/mol. The number of nitrogens with zero attached hydrogens (tertiary/aromatic N) is 5. The molecule has 1 amide bonds. The summed E-state index contributed by atoms with van der Waals surface area (Å²) in [6.07, 6.45) is 1.18. The van der Waals surface area contributed by atoms with Crippen molar-refractivity contribution in [1.82, 2.24) is 23.3 Å². The number of sulfonamides is 1. The van der Waals surface area contributed by atoms with Crippen molar-refractivity contribution in [2.24, 2.45) is 0 Å². The van der Waals surface area contributed by atoms with Crippen molar-refractivity contribution >= 4 is 44.4 Å². The Bertz CT molecular complexity index is 1240. The second kappa shape index (κ2) is 9.95. The Labute approximate surface area is 203 Å². The summed E-state index contributed by atoms with van der Waals surface area (Å²) in [6.45, 7) is 5.33. The third-order valence-corrected chi connectivity index (χ3v) is 9.05. The molecule has 9 nitrogen and oxygen atoms in total. The van der Waals surface area contributed by atoms with Crippen molar-refractivity contribution in [2.45, 2.75) is 23.8 Å². The van der Waals surface area contributed by atoms with E-state index in [0.29, 0.717) is 37.0 Å². The highest BCUT2D eigenvalue weighted by molar-refractivity contribution is 7.89. The first kappa shape index (κ1) is 23.2. The second-order valence-corrected chi connectivity index (χ2v) is 11.0. The third kappa shape index (κ3) is 4.65. The molecule has 34 heavy (non-hydrogen) atoms. The lowest BCUT2D eigenvalue weighted by atomic mass is 10.2. The molecule has 2 saturated heterocycles. The number of fused-ring (bicyclic) bond motifs is 1. The lowest BCUT2D eigenvalue weighted by Crippen LogP contribution is -2.50. The summed E-state index contributed by atoms with van der Waals surface area (Å²) in [5, 5.41) is 2.97. The minimum absolute atomic E-state index is 0.120. The molecular formula is C23H28N6O3S2. The van der Waals surface area contributed by atoms with E-state index in [0.717, 1.165) is 44.5 Å². The highest BCUT2D eigenvalue weighted by Crippen LogP contribution is 2.30. The van der Waals surface area contributed by atoms with Gasteiger partial charge in [-0.1, -0.05) is 24.3 Å². The topological polar surface area (TPSA) is 98.7 Å². The van der Waals surface area contributed by atoms with Gasteiger partial charge in [-0.05, 0) is 37.1 Å². The molecule has 1 aromatic heterocycles. The number of hydrogen-bond donors (Lipinski definition) is 1. The van der Waals surface area contributed by atoms with E-state index in [1.165, 1.54) is 9.99 Å². The van der Waals surface area contributed by atoms with E-state index >= 15 is 0 Å². The molecule has 180 valence electrons. The summed E-state index contributed by atoms with van der Waals surface area (Å²) < 4.78 is 36.4. The Morgan fingerprint density at radius 2 is 1.79 bits per heavy atom. The van der Waals surface area contributed by atoms with Crippen LogP contribution in [0.1, 0.15) is 12.8 Å². The molecular weight excluding hydrogens is 472 g/mol. The Hall–Kier alpha value is -2.60. The number of carbonyl (C=O) groups is 1. The number of anilines is 1. The van der Waals surface area contributed by atoms with Gasteiger partial charge in [0.05, 0.1) is 11.7 Å². The van der Waals surface area contributed by atoms with E-state index in [-0.39, 0.29) is 10.8 Å². The molecule has 2 aliphatic heterocycles. The molecule has 1 unspecified atom stereocenters. The first-order chi connectivity index (χ1) is 16.5. The second-order valence-electron chi connectivity index (χ2n) is 8.62. The van der Waals surface area contributed by atoms with Gasteiger partial charge in [0, 0.05) is 51.5 Å². The van der Waals surface area contributed by atoms with E-state index in [1.807, 2.05) is 6.07 Å². The number of benzene rings is 2. The van der Waals surface area contributed by atoms with Gasteiger partial charge in [0.15, 0.2) is 0 Å². The molecule has 1 N–H and O–H groups in total. The number of piperazine rings is 1. The van der Waals surface area contributed by atoms with Gasteiger partial charge in [-0.2, -0.15) is 13.1 Å². The molecule has 5 rings (SSSR count). The lowest BCUT2D eigenvalue weighted by molar-refractivity contribution is -0.124. The molecule has 0 aliphatic carbocycles. The van der Waals surface area contributed by atoms with E-state index < -0.39 is 16.1 Å². The molecule has 2 fully saturated rings. The maximum Gasteiger partial charge on any atom is 0.246 e. The van der Waals surface area contributed by atoms with Crippen LogP contribution >= 0.6 is 11.7 Å². The van der Waals surface area contributed by atoms with E-state index in [1.54, 1.807) is 18.2 Å². The average Bonchev–Trinajstić information content (AvgIpc) is 3.55. The monoisotopic (exact) mass is 500 g/mol. The Kier molecular flexibility index (Phi) is 6.77. The van der Waals surface area contributed by atoms with Crippen LogP contribution < -0.4 is 10.2 Å². The van der Waals surface area contributed by atoms with Gasteiger partial charge in [0.25, 0.3) is 0 Å². The maximum atomic E-state index is 13.4. The van der Waals surface area contributed by atoms with Crippen molar-refractivity contribution in [2.75, 3.05) is 50.7 Å². The van der Waals surface area contributed by atoms with Crippen LogP contribution in [0.4, 0.5) is 5.69 Å². The van der Waals surface area contributed by atoms with Crippen molar-refractivity contribution in [3.05, 3.63) is 48.5 Å². The molecule has 1 atom stereocenters. The predicted octanol–water partition coefficient (Wildman–Crippen LogP) is 1.78. The summed E-state index contributed by atoms with van der Waals surface area (Å²) in [4.78, 5) is 17.8. The lowest BCUT2D eigenvalue weighted by Gasteiger charge is -2.36. The number of aromatic nitrogens is 2. The van der Waals surface area contributed by atoms with Crippen LogP contribution in [0.5, 0.6) is 0 Å². The van der Waals surface area contributed by atoms with Gasteiger partial charge in [0.2, 0.25) is 15.9 Å². The Morgan fingerprint density at radius 1 is 1.00 bits per heavy atom. The first-order valence-corrected chi connectivity index (χ1v) is 13.7. The van der Waals surface area contributed by atoms with Crippen LogP contribution in [-0.2, 0) is 14.8 Å². The van der Waals surface area contributed by atoms with Crippen LogP contribution in [0.15, 0.2) is 53.4 Å². The summed E-state index contributed by atoms with van der Waals surface area (Å²) in [5.74, 6) is -0.229.